The van der Waals surface area contributed by atoms with E-state index in [1.165, 1.54) is 0 Å². The number of benzene rings is 1. The minimum atomic E-state index is -1.64. The maximum atomic E-state index is 12.6. The van der Waals surface area contributed by atoms with Gasteiger partial charge in [-0.1, -0.05) is 71.6 Å². The topological polar surface area (TPSA) is 111 Å². The van der Waals surface area contributed by atoms with E-state index >= 15 is 0 Å². The third-order valence-corrected chi connectivity index (χ3v) is 4.93. The number of rotatable bonds is 14. The van der Waals surface area contributed by atoms with Gasteiger partial charge in [0.15, 0.2) is 0 Å². The van der Waals surface area contributed by atoms with E-state index in [0.29, 0.717) is 25.8 Å². The fourth-order valence-corrected chi connectivity index (χ4v) is 3.02. The summed E-state index contributed by atoms with van der Waals surface area (Å²) in [5, 5.41) is 2.76. The van der Waals surface area contributed by atoms with Crippen molar-refractivity contribution in [3.05, 3.63) is 35.9 Å². The highest BCUT2D eigenvalue weighted by atomic mass is 35.6. The number of carbonyl (C=O) groups is 4. The number of alkyl halides is 3. The molecule has 0 saturated carbocycles. The van der Waals surface area contributed by atoms with Crippen LogP contribution in [0.2, 0.25) is 0 Å². The molecule has 0 spiro atoms. The lowest BCUT2D eigenvalue weighted by atomic mass is 10.2. The van der Waals surface area contributed by atoms with Gasteiger partial charge in [-0.2, -0.15) is 0 Å². The molecule has 1 aromatic rings. The van der Waals surface area contributed by atoms with E-state index in [4.69, 9.17) is 49.0 Å². The fraction of sp³-hybridized carbons (Fsp3) is 0.600. The number of halogens is 3. The van der Waals surface area contributed by atoms with Crippen LogP contribution < -0.4 is 5.32 Å². The van der Waals surface area contributed by atoms with Gasteiger partial charge in [0.2, 0.25) is 9.70 Å². The molecule has 208 valence electrons. The Morgan fingerprint density at radius 1 is 0.892 bits per heavy atom. The van der Waals surface area contributed by atoms with E-state index in [0.717, 1.165) is 10.5 Å². The van der Waals surface area contributed by atoms with Crippen molar-refractivity contribution in [2.75, 3.05) is 26.2 Å². The number of unbranched alkanes of at least 4 members (excludes halogenated alkanes) is 2. The van der Waals surface area contributed by atoms with Crippen molar-refractivity contribution in [2.24, 2.45) is 0 Å². The molecular formula is C25H35Cl3N2O7. The van der Waals surface area contributed by atoms with Crippen LogP contribution in [0.5, 0.6) is 0 Å². The van der Waals surface area contributed by atoms with Gasteiger partial charge in [0.1, 0.15) is 25.4 Å². The summed E-state index contributed by atoms with van der Waals surface area (Å²) in [6, 6.07) is 9.16. The van der Waals surface area contributed by atoms with Gasteiger partial charge in [0.25, 0.3) is 0 Å². The Balaban J connectivity index is 2.39. The maximum absolute atomic E-state index is 12.6. The van der Waals surface area contributed by atoms with Gasteiger partial charge in [-0.25, -0.2) is 4.79 Å². The monoisotopic (exact) mass is 580 g/mol. The number of nitrogens with one attached hydrogen (secondary N) is 1. The van der Waals surface area contributed by atoms with Crippen molar-refractivity contribution in [3.63, 3.8) is 0 Å². The molecule has 0 unspecified atom stereocenters. The summed E-state index contributed by atoms with van der Waals surface area (Å²) in [6.45, 7) is 4.94. The number of hydrogen-bond acceptors (Lipinski definition) is 7. The average Bonchev–Trinajstić information content (AvgIpc) is 2.80. The first-order valence-electron chi connectivity index (χ1n) is 11.9. The average molecular weight is 582 g/mol. The van der Waals surface area contributed by atoms with Crippen LogP contribution in [0.4, 0.5) is 4.79 Å². The zero-order valence-corrected chi connectivity index (χ0v) is 23.7. The first kappa shape index (κ1) is 32.8. The quantitative estimate of drug-likeness (QED) is 0.143. The van der Waals surface area contributed by atoms with Crippen LogP contribution in [0.3, 0.4) is 0 Å². The molecule has 37 heavy (non-hydrogen) atoms. The maximum Gasteiger partial charge on any atom is 0.410 e. The summed E-state index contributed by atoms with van der Waals surface area (Å²) < 4.78 is 13.8. The number of hydrogen-bond donors (Lipinski definition) is 1. The zero-order valence-electron chi connectivity index (χ0n) is 21.4. The molecule has 0 atom stereocenters. The molecule has 0 aliphatic rings. The van der Waals surface area contributed by atoms with Crippen molar-refractivity contribution in [1.29, 1.82) is 0 Å². The van der Waals surface area contributed by atoms with E-state index in [2.05, 4.69) is 5.32 Å². The number of nitrogens with zero attached hydrogens (tertiary/aromatic N) is 1. The molecular weight excluding hydrogens is 547 g/mol. The Morgan fingerprint density at radius 3 is 2.19 bits per heavy atom. The lowest BCUT2D eigenvalue weighted by Crippen LogP contribution is -2.42. The molecule has 0 radical (unpaired) electrons. The van der Waals surface area contributed by atoms with Gasteiger partial charge in [0, 0.05) is 25.9 Å². The van der Waals surface area contributed by atoms with Gasteiger partial charge < -0.3 is 19.5 Å². The molecule has 0 bridgehead atoms. The highest BCUT2D eigenvalue weighted by Crippen LogP contribution is 2.26. The van der Waals surface area contributed by atoms with Gasteiger partial charge >= 0.3 is 18.0 Å². The third kappa shape index (κ3) is 17.8. The van der Waals surface area contributed by atoms with E-state index in [1.54, 1.807) is 20.8 Å². The fourth-order valence-electron chi connectivity index (χ4n) is 2.86. The molecule has 0 aliphatic heterocycles. The van der Waals surface area contributed by atoms with E-state index in [9.17, 15) is 19.2 Å². The minimum Gasteiger partial charge on any atom is -0.461 e. The molecule has 0 aromatic heterocycles. The van der Waals surface area contributed by atoms with Crippen molar-refractivity contribution < 1.29 is 33.4 Å². The van der Waals surface area contributed by atoms with E-state index in [-0.39, 0.29) is 45.1 Å². The van der Waals surface area contributed by atoms with Crippen LogP contribution in [0.1, 0.15) is 58.4 Å². The van der Waals surface area contributed by atoms with Crippen LogP contribution in [0, 0.1) is 0 Å². The number of esters is 2. The van der Waals surface area contributed by atoms with Crippen LogP contribution in [-0.4, -0.2) is 64.5 Å². The Kier molecular flexibility index (Phi) is 14.7. The van der Waals surface area contributed by atoms with Gasteiger partial charge in [-0.15, -0.1) is 0 Å². The zero-order chi connectivity index (χ0) is 27.9. The summed E-state index contributed by atoms with van der Waals surface area (Å²) in [7, 11) is 0. The van der Waals surface area contributed by atoms with Gasteiger partial charge in [-0.05, 0) is 39.2 Å². The van der Waals surface area contributed by atoms with Gasteiger partial charge in [-0.3, -0.25) is 19.3 Å². The molecule has 2 amide bonds. The first-order valence-corrected chi connectivity index (χ1v) is 13.0. The van der Waals surface area contributed by atoms with E-state index < -0.39 is 27.4 Å². The molecule has 0 fully saturated rings. The molecule has 12 heteroatoms. The molecule has 0 aliphatic carbocycles. The van der Waals surface area contributed by atoms with Crippen LogP contribution in [0.15, 0.2) is 30.3 Å². The molecule has 1 aromatic carbocycles. The summed E-state index contributed by atoms with van der Waals surface area (Å²) in [4.78, 5) is 49.9. The number of amides is 2. The van der Waals surface area contributed by atoms with Crippen LogP contribution in [-0.2, 0) is 35.2 Å². The Morgan fingerprint density at radius 2 is 1.57 bits per heavy atom. The Bertz CT molecular complexity index is 871. The normalized spacial score (nSPS) is 11.4. The smallest absolute Gasteiger partial charge is 0.410 e. The SMILES string of the molecule is CC(C)(C)OC(=O)N(CCC(=O)NCCCCCC(=O)OCC(Cl)(Cl)Cl)CC(=O)OCc1ccccc1. The van der Waals surface area contributed by atoms with Crippen LogP contribution in [0.25, 0.3) is 0 Å². The number of carbonyl (C=O) groups excluding carboxylic acids is 4. The highest BCUT2D eigenvalue weighted by Gasteiger charge is 2.25. The van der Waals surface area contributed by atoms with Crippen molar-refractivity contribution >= 4 is 58.7 Å². The molecule has 0 saturated heterocycles. The lowest BCUT2D eigenvalue weighted by Gasteiger charge is -2.26. The summed E-state index contributed by atoms with van der Waals surface area (Å²) in [5.41, 5.74) is 0.0534. The standard InChI is InChI=1S/C25H35Cl3N2O7/c1-24(2,3)37-23(34)30(16-22(33)35-17-19-10-6-4-7-11-19)15-13-20(31)29-14-9-5-8-12-21(32)36-18-25(26,27)28/h4,6-7,10-11H,5,8-9,12-18H2,1-3H3,(H,29,31). The third-order valence-electron chi connectivity index (χ3n) is 4.60. The molecule has 9 nitrogen and oxygen atoms in total. The van der Waals surface area contributed by atoms with E-state index in [1.807, 2.05) is 30.3 Å². The highest BCUT2D eigenvalue weighted by molar-refractivity contribution is 6.67. The Labute approximate surface area is 233 Å². The molecule has 1 N–H and O–H groups in total. The Hall–Kier alpha value is -2.23. The number of ether oxygens (including phenoxy) is 3. The lowest BCUT2D eigenvalue weighted by molar-refractivity contribution is -0.146. The summed E-state index contributed by atoms with van der Waals surface area (Å²) in [6.07, 6.45) is 1.34. The predicted molar refractivity (Wildman–Crippen MR) is 141 cm³/mol. The molecule has 0 heterocycles. The van der Waals surface area contributed by atoms with Crippen molar-refractivity contribution in [3.8, 4) is 0 Å². The van der Waals surface area contributed by atoms with Crippen LogP contribution >= 0.6 is 34.8 Å². The van der Waals surface area contributed by atoms with Crippen molar-refractivity contribution in [1.82, 2.24) is 10.2 Å². The summed E-state index contributed by atoms with van der Waals surface area (Å²) >= 11 is 16.6. The molecule has 1 rings (SSSR count). The first-order chi connectivity index (χ1) is 17.2. The second kappa shape index (κ2) is 16.6. The second-order valence-corrected chi connectivity index (χ2v) is 11.8. The second-order valence-electron chi connectivity index (χ2n) is 9.23. The van der Waals surface area contributed by atoms with Gasteiger partial charge in [0.05, 0.1) is 0 Å². The predicted octanol–water partition coefficient (Wildman–Crippen LogP) is 4.95. The largest absolute Gasteiger partial charge is 0.461 e. The minimum absolute atomic E-state index is 0.0176. The summed E-state index contributed by atoms with van der Waals surface area (Å²) in [5.74, 6) is -1.35. The van der Waals surface area contributed by atoms with Crippen molar-refractivity contribution in [2.45, 2.75) is 68.9 Å².